The van der Waals surface area contributed by atoms with Crippen molar-refractivity contribution in [1.29, 1.82) is 5.26 Å². The summed E-state index contributed by atoms with van der Waals surface area (Å²) in [5.74, 6) is 1.48. The second-order valence-electron chi connectivity index (χ2n) is 6.44. The van der Waals surface area contributed by atoms with E-state index in [2.05, 4.69) is 11.1 Å². The van der Waals surface area contributed by atoms with Crippen LogP contribution in [0.15, 0.2) is 50.7 Å². The number of hydrogen-bond acceptors (Lipinski definition) is 6. The molecule has 0 N–H and O–H groups in total. The van der Waals surface area contributed by atoms with E-state index in [1.165, 1.54) is 11.8 Å². The molecule has 0 fully saturated rings. The van der Waals surface area contributed by atoms with Gasteiger partial charge in [0.1, 0.15) is 22.6 Å². The Morgan fingerprint density at radius 3 is 2.21 bits per heavy atom. The van der Waals surface area contributed by atoms with E-state index >= 15 is 0 Å². The molecule has 28 heavy (non-hydrogen) atoms. The Bertz CT molecular complexity index is 953. The molecule has 7 heteroatoms. The molecule has 0 bridgehead atoms. The standard InChI is InChI=1S/C21H21N3O3S/c1-14-15(2)19(10-22)21(23-16(14)3)28-13-20(25)24(11-17-6-4-8-26-17)12-18-7-5-9-27-18/h4-9H,11-13H2,1-3H3. The first-order valence-electron chi connectivity index (χ1n) is 8.82. The number of amides is 1. The molecular weight excluding hydrogens is 374 g/mol. The van der Waals surface area contributed by atoms with Crippen molar-refractivity contribution in [3.8, 4) is 6.07 Å². The van der Waals surface area contributed by atoms with Crippen molar-refractivity contribution >= 4 is 17.7 Å². The molecule has 144 valence electrons. The molecule has 0 saturated carbocycles. The number of aromatic nitrogens is 1. The monoisotopic (exact) mass is 395 g/mol. The molecule has 3 aromatic rings. The third-order valence-electron chi connectivity index (χ3n) is 4.61. The van der Waals surface area contributed by atoms with Gasteiger partial charge < -0.3 is 13.7 Å². The van der Waals surface area contributed by atoms with Gasteiger partial charge in [-0.25, -0.2) is 4.98 Å². The molecule has 6 nitrogen and oxygen atoms in total. The lowest BCUT2D eigenvalue weighted by molar-refractivity contribution is -0.130. The number of nitriles is 1. The molecule has 3 rings (SSSR count). The Morgan fingerprint density at radius 2 is 1.71 bits per heavy atom. The summed E-state index contributed by atoms with van der Waals surface area (Å²) < 4.78 is 10.8. The van der Waals surface area contributed by atoms with E-state index in [0.29, 0.717) is 35.2 Å². The lowest BCUT2D eigenvalue weighted by Gasteiger charge is -2.20. The molecule has 0 aliphatic rings. The van der Waals surface area contributed by atoms with Crippen LogP contribution in [0, 0.1) is 32.1 Å². The predicted octanol–water partition coefficient (Wildman–Crippen LogP) is 4.39. The number of nitrogens with zero attached hydrogens (tertiary/aromatic N) is 3. The number of aryl methyl sites for hydroxylation is 1. The first kappa shape index (κ1) is 19.8. The van der Waals surface area contributed by atoms with Crippen molar-refractivity contribution in [2.24, 2.45) is 0 Å². The van der Waals surface area contributed by atoms with E-state index in [9.17, 15) is 10.1 Å². The minimum absolute atomic E-state index is 0.0839. The zero-order valence-electron chi connectivity index (χ0n) is 16.1. The maximum absolute atomic E-state index is 12.9. The van der Waals surface area contributed by atoms with Crippen LogP contribution in [-0.4, -0.2) is 21.5 Å². The second kappa shape index (κ2) is 8.81. The molecule has 0 radical (unpaired) electrons. The van der Waals surface area contributed by atoms with Crippen molar-refractivity contribution < 1.29 is 13.6 Å². The molecular formula is C21H21N3O3S. The summed E-state index contributed by atoms with van der Waals surface area (Å²) in [5, 5.41) is 10.1. The average Bonchev–Trinajstić information content (AvgIpc) is 3.38. The maximum atomic E-state index is 12.9. The Balaban J connectivity index is 1.76. The molecule has 3 heterocycles. The lowest BCUT2D eigenvalue weighted by atomic mass is 10.1. The number of hydrogen-bond donors (Lipinski definition) is 0. The van der Waals surface area contributed by atoms with Crippen LogP contribution in [0.4, 0.5) is 0 Å². The van der Waals surface area contributed by atoms with Gasteiger partial charge in [-0.1, -0.05) is 11.8 Å². The van der Waals surface area contributed by atoms with Crippen molar-refractivity contribution in [3.63, 3.8) is 0 Å². The SMILES string of the molecule is Cc1nc(SCC(=O)N(Cc2ccco2)Cc2ccco2)c(C#N)c(C)c1C. The number of pyridine rings is 1. The number of carbonyl (C=O) groups is 1. The summed E-state index contributed by atoms with van der Waals surface area (Å²) in [6.07, 6.45) is 3.17. The number of furan rings is 2. The van der Waals surface area contributed by atoms with E-state index in [-0.39, 0.29) is 11.7 Å². The third kappa shape index (κ3) is 4.46. The van der Waals surface area contributed by atoms with Crippen LogP contribution < -0.4 is 0 Å². The first-order chi connectivity index (χ1) is 13.5. The Morgan fingerprint density at radius 1 is 1.11 bits per heavy atom. The summed E-state index contributed by atoms with van der Waals surface area (Å²) >= 11 is 1.28. The van der Waals surface area contributed by atoms with E-state index in [4.69, 9.17) is 8.83 Å². The van der Waals surface area contributed by atoms with Gasteiger partial charge in [-0.15, -0.1) is 0 Å². The summed E-state index contributed by atoms with van der Waals surface area (Å²) in [5.41, 5.74) is 3.32. The van der Waals surface area contributed by atoms with Crippen LogP contribution in [0.2, 0.25) is 0 Å². The number of rotatable bonds is 7. The molecule has 0 aromatic carbocycles. The van der Waals surface area contributed by atoms with Crippen LogP contribution >= 0.6 is 11.8 Å². The van der Waals surface area contributed by atoms with Gasteiger partial charge in [0, 0.05) is 5.69 Å². The maximum Gasteiger partial charge on any atom is 0.233 e. The molecule has 0 aliphatic carbocycles. The van der Waals surface area contributed by atoms with Gasteiger partial charge in [0.2, 0.25) is 5.91 Å². The topological polar surface area (TPSA) is 83.3 Å². The molecule has 0 unspecified atom stereocenters. The molecule has 0 saturated heterocycles. The van der Waals surface area contributed by atoms with Crippen LogP contribution in [0.5, 0.6) is 0 Å². The fourth-order valence-electron chi connectivity index (χ4n) is 2.78. The third-order valence-corrected chi connectivity index (χ3v) is 5.57. The van der Waals surface area contributed by atoms with Crippen molar-refractivity contribution in [2.75, 3.05) is 5.75 Å². The highest BCUT2D eigenvalue weighted by molar-refractivity contribution is 8.00. The van der Waals surface area contributed by atoms with E-state index in [1.54, 1.807) is 29.6 Å². The van der Waals surface area contributed by atoms with Gasteiger partial charge in [-0.05, 0) is 56.2 Å². The first-order valence-corrected chi connectivity index (χ1v) is 9.81. The fraction of sp³-hybridized carbons (Fsp3) is 0.286. The van der Waals surface area contributed by atoms with Gasteiger partial charge in [0.05, 0.1) is 36.9 Å². The predicted molar refractivity (Wildman–Crippen MR) is 106 cm³/mol. The zero-order chi connectivity index (χ0) is 20.1. The molecule has 0 aliphatic heterocycles. The summed E-state index contributed by atoms with van der Waals surface area (Å²) in [6.45, 7) is 6.46. The zero-order valence-corrected chi connectivity index (χ0v) is 16.9. The van der Waals surface area contributed by atoms with Crippen LogP contribution in [0.25, 0.3) is 0 Å². The summed E-state index contributed by atoms with van der Waals surface area (Å²) in [6, 6.07) is 9.47. The van der Waals surface area contributed by atoms with Crippen LogP contribution in [0.3, 0.4) is 0 Å². The normalized spacial score (nSPS) is 10.6. The Kier molecular flexibility index (Phi) is 6.22. The quantitative estimate of drug-likeness (QED) is 0.552. The summed E-state index contributed by atoms with van der Waals surface area (Å²) in [7, 11) is 0. The second-order valence-corrected chi connectivity index (χ2v) is 7.40. The average molecular weight is 395 g/mol. The van der Waals surface area contributed by atoms with E-state index < -0.39 is 0 Å². The molecule has 3 aromatic heterocycles. The molecule has 0 atom stereocenters. The molecule has 0 spiro atoms. The lowest BCUT2D eigenvalue weighted by Crippen LogP contribution is -2.31. The van der Waals surface area contributed by atoms with Gasteiger partial charge >= 0.3 is 0 Å². The van der Waals surface area contributed by atoms with Crippen molar-refractivity contribution in [1.82, 2.24) is 9.88 Å². The Labute approximate surface area is 168 Å². The minimum Gasteiger partial charge on any atom is -0.467 e. The van der Waals surface area contributed by atoms with Crippen LogP contribution in [0.1, 0.15) is 33.9 Å². The van der Waals surface area contributed by atoms with Gasteiger partial charge in [-0.2, -0.15) is 5.26 Å². The Hall–Kier alpha value is -2.98. The van der Waals surface area contributed by atoms with E-state index in [0.717, 1.165) is 16.8 Å². The highest BCUT2D eigenvalue weighted by atomic mass is 32.2. The van der Waals surface area contributed by atoms with Crippen molar-refractivity contribution in [3.05, 3.63) is 70.7 Å². The smallest absolute Gasteiger partial charge is 0.233 e. The summed E-state index contributed by atoms with van der Waals surface area (Å²) in [4.78, 5) is 19.1. The highest BCUT2D eigenvalue weighted by Crippen LogP contribution is 2.27. The number of carbonyl (C=O) groups excluding carboxylic acids is 1. The minimum atomic E-state index is -0.0839. The molecule has 1 amide bonds. The van der Waals surface area contributed by atoms with Gasteiger partial charge in [0.25, 0.3) is 0 Å². The van der Waals surface area contributed by atoms with Gasteiger partial charge in [0.15, 0.2) is 0 Å². The van der Waals surface area contributed by atoms with E-state index in [1.807, 2.05) is 32.9 Å². The van der Waals surface area contributed by atoms with Crippen LogP contribution in [-0.2, 0) is 17.9 Å². The fourth-order valence-corrected chi connectivity index (χ4v) is 3.77. The van der Waals surface area contributed by atoms with Gasteiger partial charge in [-0.3, -0.25) is 4.79 Å². The number of thioether (sulfide) groups is 1. The highest BCUT2D eigenvalue weighted by Gasteiger charge is 2.20. The van der Waals surface area contributed by atoms with Crippen molar-refractivity contribution in [2.45, 2.75) is 38.9 Å². The largest absolute Gasteiger partial charge is 0.467 e.